The molecule has 91 heavy (non-hydrogen) atoms. The Bertz CT molecular complexity index is 4870. The second-order valence-corrected chi connectivity index (χ2v) is 36.1. The van der Waals surface area contributed by atoms with Crippen LogP contribution in [0.15, 0.2) is 140 Å². The summed E-state index contributed by atoms with van der Waals surface area (Å²) in [6, 6.07) is 57.7. The molecule has 0 radical (unpaired) electrons. The highest BCUT2D eigenvalue weighted by atomic mass is 15.1. The van der Waals surface area contributed by atoms with Crippen LogP contribution in [-0.2, 0) is 43.3 Å². The number of aromatic nitrogens is 4. The Kier molecular flexibility index (Phi) is 12.1. The smallest absolute Gasteiger partial charge is 0.252 e. The molecule has 5 heteroatoms. The van der Waals surface area contributed by atoms with E-state index in [2.05, 4.69) is 324 Å². The minimum atomic E-state index is -0.155. The molecule has 0 atom stereocenters. The number of benzene rings is 9. The van der Waals surface area contributed by atoms with Crippen molar-refractivity contribution in [2.24, 2.45) is 0 Å². The Balaban J connectivity index is 1.26. The summed E-state index contributed by atoms with van der Waals surface area (Å²) in [5.74, 6) is 0. The molecule has 13 aromatic rings. The van der Waals surface area contributed by atoms with E-state index in [4.69, 9.17) is 0 Å². The highest BCUT2D eigenvalue weighted by Gasteiger charge is 2.46. The molecule has 15 rings (SSSR count). The molecule has 0 unspecified atom stereocenters. The molecule has 9 aromatic carbocycles. The molecule has 0 aliphatic carbocycles. The molecule has 462 valence electrons. The van der Waals surface area contributed by atoms with Gasteiger partial charge in [-0.2, -0.15) is 0 Å². The van der Waals surface area contributed by atoms with E-state index in [1.807, 2.05) is 0 Å². The van der Waals surface area contributed by atoms with Crippen LogP contribution >= 0.6 is 0 Å². The van der Waals surface area contributed by atoms with Gasteiger partial charge in [-0.15, -0.1) is 0 Å². The maximum Gasteiger partial charge on any atom is 0.252 e. The third-order valence-electron chi connectivity index (χ3n) is 21.3. The first-order valence-corrected chi connectivity index (χ1v) is 33.9. The molecule has 6 heterocycles. The summed E-state index contributed by atoms with van der Waals surface area (Å²) < 4.78 is 11.0. The van der Waals surface area contributed by atoms with Crippen molar-refractivity contribution in [3.63, 3.8) is 0 Å². The van der Waals surface area contributed by atoms with Crippen LogP contribution in [0.1, 0.15) is 211 Å². The van der Waals surface area contributed by atoms with Crippen molar-refractivity contribution in [2.45, 2.75) is 209 Å². The first kappa shape index (κ1) is 59.5. The van der Waals surface area contributed by atoms with Gasteiger partial charge in [-0.25, -0.2) is 0 Å². The molecule has 4 aromatic heterocycles. The average molecular weight is 1200 g/mol. The van der Waals surface area contributed by atoms with E-state index in [0.717, 1.165) is 0 Å². The van der Waals surface area contributed by atoms with Crippen molar-refractivity contribution in [3.8, 4) is 22.7 Å². The molecule has 4 nitrogen and oxygen atoms in total. The van der Waals surface area contributed by atoms with E-state index in [0.29, 0.717) is 0 Å². The summed E-state index contributed by atoms with van der Waals surface area (Å²) in [5, 5.41) is 10.4. The summed E-state index contributed by atoms with van der Waals surface area (Å²) in [6.07, 6.45) is 0. The first-order valence-electron chi connectivity index (χ1n) is 33.9. The molecular formula is C86H95BN4. The first-order chi connectivity index (χ1) is 42.2. The maximum atomic E-state index is 2.77. The fourth-order valence-electron chi connectivity index (χ4n) is 15.7. The van der Waals surface area contributed by atoms with Crippen molar-refractivity contribution in [1.82, 2.24) is 18.3 Å². The molecular weight excluding hydrogens is 1100 g/mol. The zero-order valence-corrected chi connectivity index (χ0v) is 59.1. The topological polar surface area (TPSA) is 19.7 Å². The van der Waals surface area contributed by atoms with Crippen molar-refractivity contribution >= 4 is 110 Å². The summed E-state index contributed by atoms with van der Waals surface area (Å²) in [5.41, 5.74) is 29.0. The summed E-state index contributed by atoms with van der Waals surface area (Å²) in [6.45, 7) is 56.9. The van der Waals surface area contributed by atoms with Gasteiger partial charge in [0.1, 0.15) is 0 Å². The van der Waals surface area contributed by atoms with Gasteiger partial charge in [0.15, 0.2) is 0 Å². The van der Waals surface area contributed by atoms with E-state index < -0.39 is 0 Å². The Labute approximate surface area is 541 Å². The average Bonchev–Trinajstić information content (AvgIpc) is 1.58. The molecule has 0 saturated carbocycles. The van der Waals surface area contributed by atoms with Crippen LogP contribution in [0.3, 0.4) is 0 Å². The van der Waals surface area contributed by atoms with Crippen molar-refractivity contribution < 1.29 is 0 Å². The van der Waals surface area contributed by atoms with Crippen LogP contribution < -0.4 is 16.4 Å². The summed E-state index contributed by atoms with van der Waals surface area (Å²) in [4.78, 5) is 0. The largest absolute Gasteiger partial charge is 0.308 e. The van der Waals surface area contributed by atoms with Gasteiger partial charge in [0, 0.05) is 54.1 Å². The van der Waals surface area contributed by atoms with Crippen LogP contribution in [0.4, 0.5) is 0 Å². The quantitative estimate of drug-likeness (QED) is 0.154. The summed E-state index contributed by atoms with van der Waals surface area (Å²) >= 11 is 0. The third-order valence-corrected chi connectivity index (χ3v) is 21.3. The third kappa shape index (κ3) is 8.73. The minimum Gasteiger partial charge on any atom is -0.308 e. The van der Waals surface area contributed by atoms with Gasteiger partial charge >= 0.3 is 0 Å². The van der Waals surface area contributed by atoms with Gasteiger partial charge in [0.2, 0.25) is 0 Å². The minimum absolute atomic E-state index is 0.0618. The number of hydrogen-bond acceptors (Lipinski definition) is 0. The Hall–Kier alpha value is -7.76. The van der Waals surface area contributed by atoms with Crippen molar-refractivity contribution in [2.75, 3.05) is 0 Å². The predicted molar refractivity (Wildman–Crippen MR) is 398 cm³/mol. The fourth-order valence-corrected chi connectivity index (χ4v) is 15.7. The second-order valence-electron chi connectivity index (χ2n) is 36.1. The molecule has 2 aliphatic rings. The second kappa shape index (κ2) is 18.5. The van der Waals surface area contributed by atoms with E-state index in [9.17, 15) is 0 Å². The SMILES string of the molecule is CC(C)(C)c1ccc2c(c1)c1cc(C(C)(C)C)ccc1n2-c1cc(-n2c3ccc(C(C)(C)C)cc3c3cc(C(C)(C)C)ccc32)c2c3c1-n1c4ccc(C(C)(C)C)cc4c4cc(C(C)(C)C)cc(c41)B3c1cc(C(C)(C)C)cc3c4cc(C(C)(C)C)ccc4n-2c13. The molecule has 2 aliphatic heterocycles. The zero-order valence-electron chi connectivity index (χ0n) is 59.1. The van der Waals surface area contributed by atoms with Gasteiger partial charge in [-0.05, 0) is 195 Å². The van der Waals surface area contributed by atoms with E-state index in [-0.39, 0.29) is 50.0 Å². The van der Waals surface area contributed by atoms with E-state index >= 15 is 0 Å². The van der Waals surface area contributed by atoms with Crippen molar-refractivity contribution in [1.29, 1.82) is 0 Å². The molecule has 0 amide bonds. The molecule has 0 fully saturated rings. The van der Waals surface area contributed by atoms with E-state index in [1.54, 1.807) is 0 Å². The van der Waals surface area contributed by atoms with Crippen LogP contribution in [0.2, 0.25) is 0 Å². The Morgan fingerprint density at radius 2 is 0.429 bits per heavy atom. The zero-order chi connectivity index (χ0) is 65.0. The Morgan fingerprint density at radius 3 is 0.659 bits per heavy atom. The fraction of sp³-hybridized carbons (Fsp3) is 0.372. The molecule has 0 spiro atoms. The maximum absolute atomic E-state index is 2.77. The van der Waals surface area contributed by atoms with Gasteiger partial charge in [0.05, 0.1) is 55.8 Å². The number of nitrogens with zero attached hydrogens (tertiary/aromatic N) is 4. The molecule has 0 saturated heterocycles. The van der Waals surface area contributed by atoms with Gasteiger partial charge in [0.25, 0.3) is 6.71 Å². The van der Waals surface area contributed by atoms with Crippen LogP contribution in [-0.4, -0.2) is 25.0 Å². The monoisotopic (exact) mass is 1190 g/mol. The van der Waals surface area contributed by atoms with E-state index in [1.165, 1.54) is 171 Å². The van der Waals surface area contributed by atoms with Gasteiger partial charge in [-0.3, -0.25) is 0 Å². The lowest BCUT2D eigenvalue weighted by atomic mass is 9.33. The van der Waals surface area contributed by atoms with Crippen LogP contribution in [0.5, 0.6) is 0 Å². The number of rotatable bonds is 2. The van der Waals surface area contributed by atoms with Crippen molar-refractivity contribution in [3.05, 3.63) is 184 Å². The molecule has 0 bridgehead atoms. The lowest BCUT2D eigenvalue weighted by molar-refractivity contribution is 0.590. The highest BCUT2D eigenvalue weighted by Crippen LogP contribution is 2.50. The highest BCUT2D eigenvalue weighted by molar-refractivity contribution is 7.00. The number of fused-ring (bicyclic) bond motifs is 16. The predicted octanol–water partition coefficient (Wildman–Crippen LogP) is 21.6. The van der Waals surface area contributed by atoms with Gasteiger partial charge in [-0.1, -0.05) is 215 Å². The van der Waals surface area contributed by atoms with Gasteiger partial charge < -0.3 is 18.3 Å². The number of hydrogen-bond donors (Lipinski definition) is 0. The standard InChI is InChI=1S/C86H95BN4/c1-79(2,3)48-25-31-66-56(37-48)57-38-49(80(4,5)6)26-32-67(57)88(66)72-47-73(89-68-33-27-50(81(7,8)9)39-58(68)59-40-51(82(10,11)12)28-34-69(59)89)78-74-77(72)90-70-35-29-52(83(13,14)15)41-60(70)62-43-54(85(19,20)21)45-64(75(62)90)87(74)65-46-55(86(22,23)24)44-63-61-42-53(84(16,17)18)30-36-71(61)91(78)76(63)65/h25-47H,1-24H3. The normalized spacial score (nSPS) is 14.4. The van der Waals surface area contributed by atoms with Crippen LogP contribution in [0, 0.1) is 0 Å². The Morgan fingerprint density at radius 1 is 0.220 bits per heavy atom. The molecule has 0 N–H and O–H groups in total. The van der Waals surface area contributed by atoms with Crippen LogP contribution in [0.25, 0.3) is 110 Å². The summed E-state index contributed by atoms with van der Waals surface area (Å²) in [7, 11) is 0. The lowest BCUT2D eigenvalue weighted by Gasteiger charge is -2.38. The lowest BCUT2D eigenvalue weighted by Crippen LogP contribution is -2.60.